The van der Waals surface area contributed by atoms with Crippen LogP contribution < -0.4 is 5.32 Å². The number of rotatable bonds is 8. The lowest BCUT2D eigenvalue weighted by atomic mass is 9.93. The predicted molar refractivity (Wildman–Crippen MR) is 113 cm³/mol. The summed E-state index contributed by atoms with van der Waals surface area (Å²) in [6.07, 6.45) is 1.31. The van der Waals surface area contributed by atoms with Crippen LogP contribution in [0.2, 0.25) is 0 Å². The van der Waals surface area contributed by atoms with Crippen LogP contribution in [0.4, 0.5) is 4.39 Å². The predicted octanol–water partition coefficient (Wildman–Crippen LogP) is 3.03. The Morgan fingerprint density at radius 3 is 2.48 bits per heavy atom. The topological polar surface area (TPSA) is 97.2 Å². The molecular formula is C23H25FN2O5. The third-order valence-electron chi connectivity index (χ3n) is 5.21. The zero-order valence-electron chi connectivity index (χ0n) is 17.2. The minimum atomic E-state index is -1.16. The number of aliphatic carboxylic acids is 1. The molecule has 1 aliphatic rings. The Hall–Kier alpha value is -3.26. The van der Waals surface area contributed by atoms with Crippen LogP contribution in [-0.4, -0.2) is 49.1 Å². The van der Waals surface area contributed by atoms with Crippen LogP contribution in [0.5, 0.6) is 0 Å². The van der Waals surface area contributed by atoms with Gasteiger partial charge < -0.3 is 20.0 Å². The number of halogens is 1. The monoisotopic (exact) mass is 428 g/mol. The van der Waals surface area contributed by atoms with E-state index < -0.39 is 17.9 Å². The van der Waals surface area contributed by atoms with Crippen molar-refractivity contribution in [3.8, 4) is 11.1 Å². The van der Waals surface area contributed by atoms with Crippen molar-refractivity contribution in [3.05, 3.63) is 59.9 Å². The average Bonchev–Trinajstić information content (AvgIpc) is 2.78. The number of nitrogens with zero attached hydrogens (tertiary/aromatic N) is 1. The molecule has 0 saturated carbocycles. The van der Waals surface area contributed by atoms with Crippen molar-refractivity contribution in [2.75, 3.05) is 20.3 Å². The van der Waals surface area contributed by atoms with Crippen LogP contribution in [0.25, 0.3) is 11.1 Å². The summed E-state index contributed by atoms with van der Waals surface area (Å²) in [5.41, 5.74) is 2.02. The lowest BCUT2D eigenvalue weighted by Gasteiger charge is -2.23. The first-order valence-corrected chi connectivity index (χ1v) is 10.1. The van der Waals surface area contributed by atoms with Crippen molar-refractivity contribution in [3.63, 3.8) is 0 Å². The highest BCUT2D eigenvalue weighted by Gasteiger charge is 2.29. The second-order valence-electron chi connectivity index (χ2n) is 7.29. The number of carboxylic acid groups (broad SMARTS) is 1. The largest absolute Gasteiger partial charge is 0.480 e. The number of carboxylic acids is 1. The molecule has 0 aromatic heterocycles. The number of hydrogen-bond acceptors (Lipinski definition) is 5. The van der Waals surface area contributed by atoms with Crippen molar-refractivity contribution in [2.24, 2.45) is 11.1 Å². The van der Waals surface area contributed by atoms with Crippen LogP contribution in [0.3, 0.4) is 0 Å². The number of benzene rings is 2. The number of carbonyl (C=O) groups is 2. The molecule has 1 saturated heterocycles. The Kier molecular flexibility index (Phi) is 7.72. The van der Waals surface area contributed by atoms with Gasteiger partial charge in [-0.15, -0.1) is 0 Å². The summed E-state index contributed by atoms with van der Waals surface area (Å²) in [5, 5.41) is 16.0. The molecule has 1 amide bonds. The maximum atomic E-state index is 14.0. The van der Waals surface area contributed by atoms with Crippen molar-refractivity contribution < 1.29 is 28.7 Å². The molecule has 0 unspecified atom stereocenters. The van der Waals surface area contributed by atoms with Gasteiger partial charge in [-0.1, -0.05) is 47.6 Å². The molecule has 3 rings (SSSR count). The van der Waals surface area contributed by atoms with E-state index in [1.165, 1.54) is 13.2 Å². The molecule has 0 aliphatic carbocycles. The Labute approximate surface area is 179 Å². The van der Waals surface area contributed by atoms with E-state index in [0.717, 1.165) is 0 Å². The molecule has 2 aromatic rings. The number of hydrogen-bond donors (Lipinski definition) is 2. The standard InChI is InChI=1S/C23H25FN2O5/c1-30-26-21(17-10-12-31-13-11-17)22(27)25-20(23(28)29)14-15-6-8-16(9-7-15)18-4-2-3-5-19(18)24/h2-9,17,20H,10-14H2,1H3,(H,25,27)(H,28,29)/t20-/m0/s1. The first-order valence-electron chi connectivity index (χ1n) is 10.1. The third kappa shape index (κ3) is 5.88. The van der Waals surface area contributed by atoms with Gasteiger partial charge in [0.25, 0.3) is 5.91 Å². The first kappa shape index (κ1) is 22.4. The second kappa shape index (κ2) is 10.7. The third-order valence-corrected chi connectivity index (χ3v) is 5.21. The zero-order chi connectivity index (χ0) is 22.2. The molecule has 8 heteroatoms. The van der Waals surface area contributed by atoms with E-state index in [-0.39, 0.29) is 23.9 Å². The van der Waals surface area contributed by atoms with Crippen LogP contribution in [-0.2, 0) is 25.6 Å². The summed E-state index contributed by atoms with van der Waals surface area (Å²) in [6.45, 7) is 1.02. The molecule has 1 fully saturated rings. The zero-order valence-corrected chi connectivity index (χ0v) is 17.2. The Balaban J connectivity index is 1.70. The van der Waals surface area contributed by atoms with E-state index in [2.05, 4.69) is 10.5 Å². The Morgan fingerprint density at radius 1 is 1.19 bits per heavy atom. The molecule has 1 heterocycles. The fourth-order valence-corrected chi connectivity index (χ4v) is 3.55. The van der Waals surface area contributed by atoms with Gasteiger partial charge >= 0.3 is 5.97 Å². The van der Waals surface area contributed by atoms with E-state index in [1.54, 1.807) is 42.5 Å². The lowest BCUT2D eigenvalue weighted by Crippen LogP contribution is -2.47. The normalized spacial score (nSPS) is 15.9. The molecule has 31 heavy (non-hydrogen) atoms. The van der Waals surface area contributed by atoms with E-state index in [0.29, 0.717) is 42.7 Å². The van der Waals surface area contributed by atoms with Crippen molar-refractivity contribution in [1.82, 2.24) is 5.32 Å². The summed E-state index contributed by atoms with van der Waals surface area (Å²) >= 11 is 0. The van der Waals surface area contributed by atoms with Gasteiger partial charge in [-0.25, -0.2) is 9.18 Å². The molecule has 2 N–H and O–H groups in total. The van der Waals surface area contributed by atoms with Crippen molar-refractivity contribution in [2.45, 2.75) is 25.3 Å². The number of ether oxygens (including phenoxy) is 1. The van der Waals surface area contributed by atoms with Gasteiger partial charge in [0.05, 0.1) is 0 Å². The Bertz CT molecular complexity index is 939. The summed E-state index contributed by atoms with van der Waals surface area (Å²) < 4.78 is 19.3. The van der Waals surface area contributed by atoms with Gasteiger partial charge in [-0.2, -0.15) is 0 Å². The van der Waals surface area contributed by atoms with Crippen molar-refractivity contribution in [1.29, 1.82) is 0 Å². The highest BCUT2D eigenvalue weighted by atomic mass is 19.1. The molecule has 1 aliphatic heterocycles. The minimum absolute atomic E-state index is 0.0761. The highest BCUT2D eigenvalue weighted by Crippen LogP contribution is 2.23. The number of amides is 1. The van der Waals surface area contributed by atoms with E-state index in [4.69, 9.17) is 9.57 Å². The van der Waals surface area contributed by atoms with Crippen LogP contribution in [0.15, 0.2) is 53.7 Å². The summed E-state index contributed by atoms with van der Waals surface area (Å²) in [4.78, 5) is 29.3. The smallest absolute Gasteiger partial charge is 0.326 e. The van der Waals surface area contributed by atoms with Crippen molar-refractivity contribution >= 4 is 17.6 Å². The molecular weight excluding hydrogens is 403 g/mol. The molecule has 0 radical (unpaired) electrons. The lowest BCUT2D eigenvalue weighted by molar-refractivity contribution is -0.141. The molecule has 2 aromatic carbocycles. The molecule has 7 nitrogen and oxygen atoms in total. The number of nitrogens with one attached hydrogen (secondary N) is 1. The van der Waals surface area contributed by atoms with Gasteiger partial charge in [-0.3, -0.25) is 4.79 Å². The summed E-state index contributed by atoms with van der Waals surface area (Å²) in [5.74, 6) is -2.20. The first-order chi connectivity index (χ1) is 15.0. The number of oxime groups is 1. The summed E-state index contributed by atoms with van der Waals surface area (Å²) in [6, 6.07) is 12.2. The van der Waals surface area contributed by atoms with E-state index in [9.17, 15) is 19.1 Å². The minimum Gasteiger partial charge on any atom is -0.480 e. The van der Waals surface area contributed by atoms with Gasteiger partial charge in [0.2, 0.25) is 0 Å². The molecule has 0 spiro atoms. The van der Waals surface area contributed by atoms with Crippen LogP contribution in [0, 0.1) is 11.7 Å². The van der Waals surface area contributed by atoms with Crippen LogP contribution >= 0.6 is 0 Å². The SMILES string of the molecule is CON=C(C(=O)N[C@@H](Cc1ccc(-c2ccccc2F)cc1)C(=O)O)C1CCOCC1. The average molecular weight is 428 g/mol. The molecule has 164 valence electrons. The fourth-order valence-electron chi connectivity index (χ4n) is 3.55. The molecule has 0 bridgehead atoms. The maximum absolute atomic E-state index is 14.0. The fraction of sp³-hybridized carbons (Fsp3) is 0.348. The van der Waals surface area contributed by atoms with Gasteiger partial charge in [0, 0.05) is 31.1 Å². The van der Waals surface area contributed by atoms with Gasteiger partial charge in [0.15, 0.2) is 0 Å². The maximum Gasteiger partial charge on any atom is 0.326 e. The van der Waals surface area contributed by atoms with Crippen LogP contribution in [0.1, 0.15) is 18.4 Å². The number of carbonyl (C=O) groups excluding carboxylic acids is 1. The Morgan fingerprint density at radius 2 is 1.87 bits per heavy atom. The molecule has 1 atom stereocenters. The van der Waals surface area contributed by atoms with Gasteiger partial charge in [0.1, 0.15) is 24.7 Å². The van der Waals surface area contributed by atoms with Gasteiger partial charge in [-0.05, 0) is 30.0 Å². The van der Waals surface area contributed by atoms with E-state index >= 15 is 0 Å². The highest BCUT2D eigenvalue weighted by molar-refractivity contribution is 6.39. The summed E-state index contributed by atoms with van der Waals surface area (Å²) in [7, 11) is 1.35. The quantitative estimate of drug-likeness (QED) is 0.498. The van der Waals surface area contributed by atoms with E-state index in [1.807, 2.05) is 0 Å². The second-order valence-corrected chi connectivity index (χ2v) is 7.29.